The Bertz CT molecular complexity index is 1290. The van der Waals surface area contributed by atoms with Crippen LogP contribution in [0.1, 0.15) is 6.92 Å². The van der Waals surface area contributed by atoms with Gasteiger partial charge in [-0.15, -0.1) is 11.3 Å². The predicted octanol–water partition coefficient (Wildman–Crippen LogP) is 2.29. The topological polar surface area (TPSA) is 147 Å². The summed E-state index contributed by atoms with van der Waals surface area (Å²) in [5.41, 5.74) is 2.37. The number of benzene rings is 2. The third-order valence-electron chi connectivity index (χ3n) is 4.75. The van der Waals surface area contributed by atoms with Crippen LogP contribution in [0.25, 0.3) is 21.0 Å². The number of aromatic nitrogens is 1. The Morgan fingerprint density at radius 3 is 2.41 bits per heavy atom. The Hall–Kier alpha value is -3.32. The van der Waals surface area contributed by atoms with Crippen molar-refractivity contribution in [3.05, 3.63) is 48.7 Å². The molecule has 180 valence electrons. The molecule has 1 unspecified atom stereocenters. The lowest BCUT2D eigenvalue weighted by Gasteiger charge is -2.17. The van der Waals surface area contributed by atoms with Gasteiger partial charge in [0.1, 0.15) is 11.0 Å². The Morgan fingerprint density at radius 2 is 1.82 bits per heavy atom. The van der Waals surface area contributed by atoms with Gasteiger partial charge in [-0.25, -0.2) is 13.4 Å². The number of thiazole rings is 1. The maximum Gasteiger partial charge on any atom is 0.326 e. The zero-order chi connectivity index (χ0) is 24.9. The number of nitrogens with one attached hydrogen (secondary N) is 3. The number of hydrogen-bond acceptors (Lipinski definition) is 9. The van der Waals surface area contributed by atoms with E-state index in [1.54, 1.807) is 18.3 Å². The number of esters is 1. The summed E-state index contributed by atoms with van der Waals surface area (Å²) >= 11 is 1.29. The predicted molar refractivity (Wildman–Crippen MR) is 130 cm³/mol. The molecule has 0 spiro atoms. The first-order chi connectivity index (χ1) is 16.2. The first-order valence-corrected chi connectivity index (χ1v) is 12.4. The summed E-state index contributed by atoms with van der Waals surface area (Å²) in [4.78, 5) is 28.1. The molecular weight excluding hydrogens is 480 g/mol. The number of aliphatic hydroxyl groups excluding tert-OH is 1. The van der Waals surface area contributed by atoms with Crippen molar-refractivity contribution >= 4 is 44.6 Å². The van der Waals surface area contributed by atoms with Crippen LogP contribution in [0.2, 0.25) is 0 Å². The molecule has 0 aliphatic heterocycles. The molecule has 0 fully saturated rings. The van der Waals surface area contributed by atoms with Crippen LogP contribution in [-0.2, 0) is 24.3 Å². The molecule has 0 radical (unpaired) electrons. The third-order valence-corrected chi connectivity index (χ3v) is 7.34. The largest absolute Gasteiger partial charge is 0.468 e. The number of hydrogen-bond donors (Lipinski definition) is 4. The molecule has 1 heterocycles. The quantitative estimate of drug-likeness (QED) is 0.325. The van der Waals surface area contributed by atoms with Crippen molar-refractivity contribution in [2.24, 2.45) is 0 Å². The molecule has 0 bridgehead atoms. The molecule has 0 saturated heterocycles. The van der Waals surface area contributed by atoms with Gasteiger partial charge < -0.3 is 20.5 Å². The van der Waals surface area contributed by atoms with E-state index in [4.69, 9.17) is 0 Å². The van der Waals surface area contributed by atoms with Gasteiger partial charge in [0.05, 0.1) is 23.5 Å². The highest BCUT2D eigenvalue weighted by Crippen LogP contribution is 2.37. The van der Waals surface area contributed by atoms with E-state index >= 15 is 0 Å². The first kappa shape index (κ1) is 25.3. The summed E-state index contributed by atoms with van der Waals surface area (Å²) in [6.45, 7) is 0.508. The van der Waals surface area contributed by atoms with Gasteiger partial charge in [0.25, 0.3) is 0 Å². The van der Waals surface area contributed by atoms with Gasteiger partial charge in [0.2, 0.25) is 15.9 Å². The first-order valence-electron chi connectivity index (χ1n) is 10.1. The van der Waals surface area contributed by atoms with Crippen LogP contribution in [0.4, 0.5) is 11.4 Å². The summed E-state index contributed by atoms with van der Waals surface area (Å²) < 4.78 is 33.2. The Labute approximate surface area is 201 Å². The molecule has 0 aliphatic carbocycles. The molecule has 1 amide bonds. The Kier molecular flexibility index (Phi) is 7.99. The van der Waals surface area contributed by atoms with Crippen molar-refractivity contribution in [2.75, 3.05) is 31.4 Å². The van der Waals surface area contributed by atoms with Crippen LogP contribution in [-0.4, -0.2) is 57.2 Å². The summed E-state index contributed by atoms with van der Waals surface area (Å²) in [6.07, 6.45) is 1.56. The maximum absolute atomic E-state index is 13.2. The Balaban J connectivity index is 2.06. The molecule has 10 nitrogen and oxygen atoms in total. The fourth-order valence-corrected chi connectivity index (χ4v) is 5.54. The Morgan fingerprint density at radius 1 is 1.15 bits per heavy atom. The van der Waals surface area contributed by atoms with Crippen LogP contribution >= 0.6 is 11.3 Å². The number of carbonyl (C=O) groups excluding carboxylic acids is 2. The number of nitrogens with zero attached hydrogens (tertiary/aromatic N) is 1. The minimum Gasteiger partial charge on any atom is -0.468 e. The normalized spacial score (nSPS) is 12.1. The minimum absolute atomic E-state index is 0.193. The van der Waals surface area contributed by atoms with Gasteiger partial charge in [-0.05, 0) is 36.4 Å². The number of carbonyl (C=O) groups is 2. The monoisotopic (exact) mass is 504 g/mol. The number of sulfonamides is 1. The molecule has 2 aromatic carbocycles. The van der Waals surface area contributed by atoms with Crippen molar-refractivity contribution in [3.8, 4) is 21.0 Å². The fraction of sp³-hybridized carbons (Fsp3) is 0.227. The SMILES string of the molecule is CNc1ccc(-c2ncc(-c3ccc(NC(C)=O)cc3S(=O)(=O)NC(CO)C(=O)OC)s2)cc1. The van der Waals surface area contributed by atoms with Crippen LogP contribution < -0.4 is 15.4 Å². The molecule has 1 atom stereocenters. The van der Waals surface area contributed by atoms with Gasteiger partial charge in [0, 0.05) is 42.7 Å². The highest BCUT2D eigenvalue weighted by Gasteiger charge is 2.29. The maximum atomic E-state index is 13.2. The van der Waals surface area contributed by atoms with Crippen LogP contribution in [0, 0.1) is 0 Å². The summed E-state index contributed by atoms with van der Waals surface area (Å²) in [5.74, 6) is -1.31. The molecule has 3 rings (SSSR count). The average Bonchev–Trinajstić information content (AvgIpc) is 3.32. The number of rotatable bonds is 9. The van der Waals surface area contributed by atoms with E-state index in [0.717, 1.165) is 18.4 Å². The van der Waals surface area contributed by atoms with Crippen molar-refractivity contribution in [1.29, 1.82) is 0 Å². The second-order valence-electron chi connectivity index (χ2n) is 7.13. The zero-order valence-electron chi connectivity index (χ0n) is 18.7. The summed E-state index contributed by atoms with van der Waals surface area (Å²) in [6, 6.07) is 10.5. The molecule has 3 aromatic rings. The molecule has 4 N–H and O–H groups in total. The van der Waals surface area contributed by atoms with Gasteiger partial charge in [0.15, 0.2) is 0 Å². The number of methoxy groups -OCH3 is 1. The summed E-state index contributed by atoms with van der Waals surface area (Å²) in [7, 11) is -1.41. The highest BCUT2D eigenvalue weighted by atomic mass is 32.2. The van der Waals surface area contributed by atoms with Crippen molar-refractivity contribution in [2.45, 2.75) is 17.9 Å². The number of aliphatic hydroxyl groups is 1. The summed E-state index contributed by atoms with van der Waals surface area (Å²) in [5, 5.41) is 15.7. The van der Waals surface area contributed by atoms with E-state index in [2.05, 4.69) is 25.1 Å². The molecule has 12 heteroatoms. The number of ether oxygens (including phenoxy) is 1. The molecule has 0 aliphatic rings. The molecule has 1 aromatic heterocycles. The van der Waals surface area contributed by atoms with Crippen molar-refractivity contribution < 1.29 is 27.9 Å². The minimum atomic E-state index is -4.32. The second-order valence-corrected chi connectivity index (χ2v) is 9.84. The lowest BCUT2D eigenvalue weighted by molar-refractivity contribution is -0.143. The van der Waals surface area contributed by atoms with Gasteiger partial charge >= 0.3 is 5.97 Å². The van der Waals surface area contributed by atoms with Crippen molar-refractivity contribution in [1.82, 2.24) is 9.71 Å². The van der Waals surface area contributed by atoms with E-state index in [1.807, 2.05) is 31.3 Å². The number of anilines is 2. The fourth-order valence-electron chi connectivity index (χ4n) is 3.09. The lowest BCUT2D eigenvalue weighted by Crippen LogP contribution is -2.44. The second kappa shape index (κ2) is 10.7. The van der Waals surface area contributed by atoms with Crippen LogP contribution in [0.15, 0.2) is 53.6 Å². The highest BCUT2D eigenvalue weighted by molar-refractivity contribution is 7.89. The standard InChI is InChI=1S/C22H24N4O6S2/c1-13(28)25-16-8-9-17(20(10-16)34(30,31)26-18(12-27)22(29)32-3)19-11-24-21(33-19)14-4-6-15(23-2)7-5-14/h4-11,18,23,26-27H,12H2,1-3H3,(H,25,28). The molecule has 0 saturated carbocycles. The third kappa shape index (κ3) is 5.78. The smallest absolute Gasteiger partial charge is 0.326 e. The van der Waals surface area contributed by atoms with E-state index in [1.165, 1.54) is 24.3 Å². The van der Waals surface area contributed by atoms with Crippen molar-refractivity contribution in [3.63, 3.8) is 0 Å². The molecular formula is C22H24N4O6S2. The molecule has 34 heavy (non-hydrogen) atoms. The van der Waals surface area contributed by atoms with Gasteiger partial charge in [-0.2, -0.15) is 4.72 Å². The van der Waals surface area contributed by atoms with Gasteiger partial charge in [-0.1, -0.05) is 6.07 Å². The van der Waals surface area contributed by atoms with E-state index < -0.39 is 28.6 Å². The average molecular weight is 505 g/mol. The van der Waals surface area contributed by atoms with Crippen LogP contribution in [0.5, 0.6) is 0 Å². The lowest BCUT2D eigenvalue weighted by atomic mass is 10.2. The number of amides is 1. The zero-order valence-corrected chi connectivity index (χ0v) is 20.3. The van der Waals surface area contributed by atoms with Gasteiger partial charge in [-0.3, -0.25) is 9.59 Å². The van der Waals surface area contributed by atoms with E-state index in [-0.39, 0.29) is 16.5 Å². The van der Waals surface area contributed by atoms with Crippen LogP contribution in [0.3, 0.4) is 0 Å². The van der Waals surface area contributed by atoms with E-state index in [9.17, 15) is 23.1 Å². The van der Waals surface area contributed by atoms with E-state index in [0.29, 0.717) is 15.4 Å².